The van der Waals surface area contributed by atoms with Crippen molar-refractivity contribution < 1.29 is 17.9 Å². The van der Waals surface area contributed by atoms with E-state index in [1.54, 1.807) is 19.1 Å². The zero-order valence-corrected chi connectivity index (χ0v) is 15.5. The molecule has 7 heteroatoms. The number of amides is 1. The van der Waals surface area contributed by atoms with Crippen molar-refractivity contribution in [2.24, 2.45) is 5.92 Å². The number of ether oxygens (including phenoxy) is 1. The Morgan fingerprint density at radius 3 is 2.75 bits per heavy atom. The molecular formula is C17H26N2O4S. The molecule has 0 aliphatic carbocycles. The molecule has 2 rings (SSSR count). The summed E-state index contributed by atoms with van der Waals surface area (Å²) in [7, 11) is -2.24. The van der Waals surface area contributed by atoms with E-state index in [-0.39, 0.29) is 10.8 Å². The molecule has 1 heterocycles. The van der Waals surface area contributed by atoms with Crippen LogP contribution in [0, 0.1) is 12.8 Å². The van der Waals surface area contributed by atoms with Crippen LogP contribution in [0.5, 0.6) is 5.75 Å². The van der Waals surface area contributed by atoms with Crippen LogP contribution < -0.4 is 10.1 Å². The molecule has 0 aromatic heterocycles. The van der Waals surface area contributed by atoms with Gasteiger partial charge in [0.1, 0.15) is 11.8 Å². The number of carbonyl (C=O) groups excluding carboxylic acids is 1. The van der Waals surface area contributed by atoms with Gasteiger partial charge in [0.05, 0.1) is 12.0 Å². The molecule has 6 nitrogen and oxygen atoms in total. The Morgan fingerprint density at radius 2 is 2.12 bits per heavy atom. The molecule has 0 saturated carbocycles. The predicted molar refractivity (Wildman–Crippen MR) is 92.5 cm³/mol. The van der Waals surface area contributed by atoms with Gasteiger partial charge in [-0.05, 0) is 37.3 Å². The third-order valence-corrected chi connectivity index (χ3v) is 6.22. The first-order chi connectivity index (χ1) is 11.3. The monoisotopic (exact) mass is 354 g/mol. The van der Waals surface area contributed by atoms with Gasteiger partial charge in [-0.2, -0.15) is 4.31 Å². The average Bonchev–Trinajstić information content (AvgIpc) is 3.03. The predicted octanol–water partition coefficient (Wildman–Crippen LogP) is 1.93. The largest absolute Gasteiger partial charge is 0.497 e. The van der Waals surface area contributed by atoms with Crippen LogP contribution in [0.25, 0.3) is 0 Å². The molecule has 0 unspecified atom stereocenters. The molecule has 1 aromatic rings. The van der Waals surface area contributed by atoms with Crippen molar-refractivity contribution in [2.45, 2.75) is 44.6 Å². The first kappa shape index (κ1) is 18.7. The second kappa shape index (κ2) is 7.53. The maximum atomic E-state index is 13.1. The van der Waals surface area contributed by atoms with Crippen LogP contribution >= 0.6 is 0 Å². The summed E-state index contributed by atoms with van der Waals surface area (Å²) in [5.74, 6) is 0.588. The number of nitrogens with one attached hydrogen (secondary N) is 1. The van der Waals surface area contributed by atoms with Crippen LogP contribution in [-0.4, -0.2) is 44.9 Å². The first-order valence-electron chi connectivity index (χ1n) is 8.21. The van der Waals surface area contributed by atoms with E-state index in [4.69, 9.17) is 4.74 Å². The number of hydrogen-bond donors (Lipinski definition) is 1. The first-order valence-corrected chi connectivity index (χ1v) is 9.65. The number of hydrogen-bond acceptors (Lipinski definition) is 4. The number of sulfonamides is 1. The Kier molecular flexibility index (Phi) is 5.87. The smallest absolute Gasteiger partial charge is 0.244 e. The highest BCUT2D eigenvalue weighted by atomic mass is 32.2. The molecule has 24 heavy (non-hydrogen) atoms. The fourth-order valence-electron chi connectivity index (χ4n) is 2.82. The van der Waals surface area contributed by atoms with Crippen LogP contribution in [-0.2, 0) is 14.8 Å². The summed E-state index contributed by atoms with van der Waals surface area (Å²) in [5, 5.41) is 2.85. The van der Waals surface area contributed by atoms with Gasteiger partial charge in [-0.15, -0.1) is 0 Å². The second-order valence-corrected chi connectivity index (χ2v) is 8.40. The standard InChI is InChI=1S/C17H26N2O4S/c1-12(2)11-18-17(20)15-6-5-9-19(15)24(21,22)16-10-14(23-4)8-7-13(16)3/h7-8,10,12,15H,5-6,9,11H2,1-4H3,(H,18,20)/t15-/m1/s1. The molecule has 0 radical (unpaired) electrons. The Balaban J connectivity index is 2.29. The van der Waals surface area contributed by atoms with E-state index >= 15 is 0 Å². The Hall–Kier alpha value is -1.60. The highest BCUT2D eigenvalue weighted by Crippen LogP contribution is 2.30. The van der Waals surface area contributed by atoms with Gasteiger partial charge in [0.2, 0.25) is 15.9 Å². The number of benzene rings is 1. The minimum Gasteiger partial charge on any atom is -0.497 e. The summed E-state index contributed by atoms with van der Waals surface area (Å²) in [5.41, 5.74) is 0.643. The molecule has 1 saturated heterocycles. The summed E-state index contributed by atoms with van der Waals surface area (Å²) in [4.78, 5) is 12.6. The average molecular weight is 354 g/mol. The van der Waals surface area contributed by atoms with E-state index < -0.39 is 16.1 Å². The SMILES string of the molecule is COc1ccc(C)c(S(=O)(=O)N2CCC[C@@H]2C(=O)NCC(C)C)c1. The molecular weight excluding hydrogens is 328 g/mol. The van der Waals surface area contributed by atoms with Crippen molar-refractivity contribution in [3.8, 4) is 5.75 Å². The van der Waals surface area contributed by atoms with Crippen LogP contribution in [0.4, 0.5) is 0 Å². The number of aryl methyl sites for hydroxylation is 1. The van der Waals surface area contributed by atoms with E-state index in [0.29, 0.717) is 43.2 Å². The zero-order chi connectivity index (χ0) is 17.9. The molecule has 1 amide bonds. The lowest BCUT2D eigenvalue weighted by Crippen LogP contribution is -2.46. The van der Waals surface area contributed by atoms with Crippen molar-refractivity contribution >= 4 is 15.9 Å². The lowest BCUT2D eigenvalue weighted by atomic mass is 10.2. The highest BCUT2D eigenvalue weighted by Gasteiger charge is 2.40. The molecule has 1 fully saturated rings. The minimum absolute atomic E-state index is 0.199. The molecule has 1 aromatic carbocycles. The molecule has 134 valence electrons. The van der Waals surface area contributed by atoms with Gasteiger partial charge in [-0.3, -0.25) is 4.79 Å². The van der Waals surface area contributed by atoms with E-state index in [1.807, 2.05) is 13.8 Å². The van der Waals surface area contributed by atoms with Gasteiger partial charge < -0.3 is 10.1 Å². The fourth-order valence-corrected chi connectivity index (χ4v) is 4.72. The van der Waals surface area contributed by atoms with E-state index in [0.717, 1.165) is 0 Å². The minimum atomic E-state index is -3.74. The van der Waals surface area contributed by atoms with Crippen LogP contribution in [0.3, 0.4) is 0 Å². The fraction of sp³-hybridized carbons (Fsp3) is 0.588. The van der Waals surface area contributed by atoms with Crippen molar-refractivity contribution in [3.63, 3.8) is 0 Å². The summed E-state index contributed by atoms with van der Waals surface area (Å²) >= 11 is 0. The number of methoxy groups -OCH3 is 1. The van der Waals surface area contributed by atoms with Crippen molar-refractivity contribution in [1.29, 1.82) is 0 Å². The van der Waals surface area contributed by atoms with Gasteiger partial charge in [0.15, 0.2) is 0 Å². The summed E-state index contributed by atoms with van der Waals surface area (Å²) < 4.78 is 32.6. The summed E-state index contributed by atoms with van der Waals surface area (Å²) in [6, 6.07) is 4.33. The van der Waals surface area contributed by atoms with E-state index in [2.05, 4.69) is 5.32 Å². The zero-order valence-electron chi connectivity index (χ0n) is 14.7. The molecule has 1 aliphatic rings. The van der Waals surface area contributed by atoms with Crippen molar-refractivity contribution in [1.82, 2.24) is 9.62 Å². The van der Waals surface area contributed by atoms with Crippen LogP contribution in [0.1, 0.15) is 32.3 Å². The van der Waals surface area contributed by atoms with Crippen molar-refractivity contribution in [2.75, 3.05) is 20.2 Å². The Morgan fingerprint density at radius 1 is 1.42 bits per heavy atom. The van der Waals surface area contributed by atoms with Gasteiger partial charge in [0.25, 0.3) is 0 Å². The number of carbonyl (C=O) groups is 1. The molecule has 1 atom stereocenters. The lowest BCUT2D eigenvalue weighted by Gasteiger charge is -2.24. The quantitative estimate of drug-likeness (QED) is 0.847. The molecule has 0 bridgehead atoms. The lowest BCUT2D eigenvalue weighted by molar-refractivity contribution is -0.124. The third kappa shape index (κ3) is 3.89. The molecule has 1 aliphatic heterocycles. The van der Waals surface area contributed by atoms with E-state index in [9.17, 15) is 13.2 Å². The van der Waals surface area contributed by atoms with Gasteiger partial charge in [0, 0.05) is 19.2 Å². The van der Waals surface area contributed by atoms with E-state index in [1.165, 1.54) is 17.5 Å². The maximum absolute atomic E-state index is 13.1. The highest BCUT2D eigenvalue weighted by molar-refractivity contribution is 7.89. The molecule has 1 N–H and O–H groups in total. The van der Waals surface area contributed by atoms with Gasteiger partial charge in [-0.25, -0.2) is 8.42 Å². The Labute approximate surface area is 144 Å². The molecule has 0 spiro atoms. The van der Waals surface area contributed by atoms with Crippen LogP contribution in [0.2, 0.25) is 0 Å². The second-order valence-electron chi connectivity index (χ2n) is 6.54. The normalized spacial score (nSPS) is 18.8. The number of nitrogens with zero attached hydrogens (tertiary/aromatic N) is 1. The third-order valence-electron chi connectivity index (χ3n) is 4.17. The van der Waals surface area contributed by atoms with Gasteiger partial charge >= 0.3 is 0 Å². The summed E-state index contributed by atoms with van der Waals surface area (Å²) in [6.07, 6.45) is 1.23. The summed E-state index contributed by atoms with van der Waals surface area (Å²) in [6.45, 7) is 6.66. The topological polar surface area (TPSA) is 75.7 Å². The van der Waals surface area contributed by atoms with Gasteiger partial charge in [-0.1, -0.05) is 19.9 Å². The Bertz CT molecular complexity index is 701. The van der Waals surface area contributed by atoms with Crippen molar-refractivity contribution in [3.05, 3.63) is 23.8 Å². The number of rotatable bonds is 6. The van der Waals surface area contributed by atoms with Crippen LogP contribution in [0.15, 0.2) is 23.1 Å². The maximum Gasteiger partial charge on any atom is 0.244 e.